The topological polar surface area (TPSA) is 26.3 Å². The Morgan fingerprint density at radius 1 is 1.47 bits per heavy atom. The number of hydrogen-bond donors (Lipinski definition) is 0. The first-order chi connectivity index (χ1) is 7.06. The minimum absolute atomic E-state index is 0.00412. The molecule has 0 radical (unpaired) electrons. The fourth-order valence-electron chi connectivity index (χ4n) is 1.10. The van der Waals surface area contributed by atoms with Gasteiger partial charge in [0.25, 0.3) is 0 Å². The summed E-state index contributed by atoms with van der Waals surface area (Å²) in [6, 6.07) is 4.71. The minimum Gasteiger partial charge on any atom is -0.459 e. The predicted molar refractivity (Wildman–Crippen MR) is 58.7 cm³/mol. The molecule has 1 aromatic carbocycles. The number of benzene rings is 1. The summed E-state index contributed by atoms with van der Waals surface area (Å²) in [5, 5.41) is 0. The fraction of sp³-hybridized carbons (Fsp3) is 0.364. The number of carbonyl (C=O) groups is 1. The van der Waals surface area contributed by atoms with E-state index < -0.39 is 11.8 Å². The van der Waals surface area contributed by atoms with E-state index in [0.717, 1.165) is 0 Å². The Morgan fingerprint density at radius 3 is 2.67 bits per heavy atom. The largest absolute Gasteiger partial charge is 0.459 e. The van der Waals surface area contributed by atoms with Crippen LogP contribution in [0.2, 0.25) is 0 Å². The van der Waals surface area contributed by atoms with Gasteiger partial charge in [0, 0.05) is 4.90 Å². The molecule has 4 heteroatoms. The molecule has 2 nitrogen and oxygen atoms in total. The second-order valence-corrected chi connectivity index (χ2v) is 4.12. The Hall–Kier alpha value is -1.03. The molecule has 0 aliphatic heterocycles. The number of esters is 1. The maximum Gasteiger partial charge on any atom is 0.341 e. The van der Waals surface area contributed by atoms with Gasteiger partial charge < -0.3 is 4.74 Å². The lowest BCUT2D eigenvalue weighted by Gasteiger charge is -2.09. The number of carbonyl (C=O) groups excluding carboxylic acids is 1. The molecule has 0 saturated carbocycles. The first-order valence-corrected chi connectivity index (χ1v) is 5.82. The summed E-state index contributed by atoms with van der Waals surface area (Å²) in [5.74, 6) is -1.12. The van der Waals surface area contributed by atoms with Gasteiger partial charge in [-0.15, -0.1) is 11.8 Å². The van der Waals surface area contributed by atoms with Crippen molar-refractivity contribution in [2.24, 2.45) is 0 Å². The third kappa shape index (κ3) is 2.96. The van der Waals surface area contributed by atoms with Crippen molar-refractivity contribution in [3.63, 3.8) is 0 Å². The van der Waals surface area contributed by atoms with Crippen LogP contribution >= 0.6 is 11.8 Å². The summed E-state index contributed by atoms with van der Waals surface area (Å²) >= 11 is 1.26. The molecular formula is C11H13FO2S. The van der Waals surface area contributed by atoms with Crippen LogP contribution in [-0.4, -0.2) is 18.3 Å². The van der Waals surface area contributed by atoms with Crippen LogP contribution in [0.1, 0.15) is 24.2 Å². The number of hydrogen-bond acceptors (Lipinski definition) is 3. The Kier molecular flexibility index (Phi) is 4.15. The molecule has 82 valence electrons. The quantitative estimate of drug-likeness (QED) is 0.587. The van der Waals surface area contributed by atoms with Crippen LogP contribution in [0.4, 0.5) is 4.39 Å². The van der Waals surface area contributed by atoms with Gasteiger partial charge in [-0.2, -0.15) is 0 Å². The van der Waals surface area contributed by atoms with Gasteiger partial charge in [-0.05, 0) is 32.2 Å². The lowest BCUT2D eigenvalue weighted by Crippen LogP contribution is -2.13. The van der Waals surface area contributed by atoms with E-state index in [4.69, 9.17) is 4.74 Å². The lowest BCUT2D eigenvalue weighted by atomic mass is 10.2. The number of rotatable bonds is 3. The zero-order chi connectivity index (χ0) is 11.4. The molecule has 0 fully saturated rings. The molecule has 0 unspecified atom stereocenters. The van der Waals surface area contributed by atoms with Crippen molar-refractivity contribution in [2.75, 3.05) is 6.26 Å². The van der Waals surface area contributed by atoms with Gasteiger partial charge >= 0.3 is 5.97 Å². The van der Waals surface area contributed by atoms with E-state index >= 15 is 0 Å². The zero-order valence-electron chi connectivity index (χ0n) is 8.91. The molecule has 1 aromatic rings. The van der Waals surface area contributed by atoms with E-state index in [1.165, 1.54) is 17.8 Å². The second kappa shape index (κ2) is 5.16. The summed E-state index contributed by atoms with van der Waals surface area (Å²) in [6.07, 6.45) is 1.52. The van der Waals surface area contributed by atoms with Gasteiger partial charge in [0.2, 0.25) is 0 Å². The summed E-state index contributed by atoms with van der Waals surface area (Å²) in [7, 11) is 0. The van der Waals surface area contributed by atoms with Crippen molar-refractivity contribution in [2.45, 2.75) is 24.8 Å². The molecule has 0 aromatic heterocycles. The molecule has 0 spiro atoms. The van der Waals surface area contributed by atoms with Crippen LogP contribution < -0.4 is 0 Å². The van der Waals surface area contributed by atoms with E-state index in [0.29, 0.717) is 4.90 Å². The molecule has 0 heterocycles. The van der Waals surface area contributed by atoms with Gasteiger partial charge in [0.05, 0.1) is 11.7 Å². The van der Waals surface area contributed by atoms with Crippen LogP contribution in [0.3, 0.4) is 0 Å². The molecule has 0 atom stereocenters. The van der Waals surface area contributed by atoms with Crippen molar-refractivity contribution in [1.29, 1.82) is 0 Å². The van der Waals surface area contributed by atoms with Gasteiger partial charge in [0.15, 0.2) is 5.82 Å². The van der Waals surface area contributed by atoms with Crippen molar-refractivity contribution in [1.82, 2.24) is 0 Å². The number of thioether (sulfide) groups is 1. The molecule has 0 aliphatic carbocycles. The van der Waals surface area contributed by atoms with Crippen LogP contribution in [0.5, 0.6) is 0 Å². The average Bonchev–Trinajstić information content (AvgIpc) is 2.17. The predicted octanol–water partition coefficient (Wildman–Crippen LogP) is 3.11. The number of halogens is 1. The van der Waals surface area contributed by atoms with Crippen LogP contribution in [0.25, 0.3) is 0 Å². The second-order valence-electron chi connectivity index (χ2n) is 3.28. The molecule has 0 amide bonds. The van der Waals surface area contributed by atoms with E-state index in [1.54, 1.807) is 32.2 Å². The monoisotopic (exact) mass is 228 g/mol. The molecule has 15 heavy (non-hydrogen) atoms. The maximum absolute atomic E-state index is 13.7. The molecule has 0 saturated heterocycles. The van der Waals surface area contributed by atoms with Crippen LogP contribution in [-0.2, 0) is 4.74 Å². The van der Waals surface area contributed by atoms with Gasteiger partial charge in [-0.3, -0.25) is 0 Å². The van der Waals surface area contributed by atoms with Gasteiger partial charge in [-0.25, -0.2) is 9.18 Å². The van der Waals surface area contributed by atoms with Crippen LogP contribution in [0, 0.1) is 5.82 Å². The Morgan fingerprint density at radius 2 is 2.13 bits per heavy atom. The molecule has 0 bridgehead atoms. The minimum atomic E-state index is -0.613. The molecule has 0 N–H and O–H groups in total. The smallest absolute Gasteiger partial charge is 0.341 e. The maximum atomic E-state index is 13.7. The highest BCUT2D eigenvalue weighted by Gasteiger charge is 2.16. The molecule has 1 rings (SSSR count). The highest BCUT2D eigenvalue weighted by molar-refractivity contribution is 7.98. The summed E-state index contributed by atoms with van der Waals surface area (Å²) in [5.41, 5.74) is -0.00412. The van der Waals surface area contributed by atoms with Gasteiger partial charge in [-0.1, -0.05) is 6.07 Å². The summed E-state index contributed by atoms with van der Waals surface area (Å²) in [6.45, 7) is 3.46. The fourth-order valence-corrected chi connectivity index (χ4v) is 1.61. The summed E-state index contributed by atoms with van der Waals surface area (Å²) < 4.78 is 18.6. The van der Waals surface area contributed by atoms with Crippen molar-refractivity contribution >= 4 is 17.7 Å². The summed E-state index contributed by atoms with van der Waals surface area (Å²) in [4.78, 5) is 11.9. The van der Waals surface area contributed by atoms with E-state index in [1.807, 2.05) is 0 Å². The normalized spacial score (nSPS) is 10.5. The average molecular weight is 228 g/mol. The molecule has 0 aliphatic rings. The lowest BCUT2D eigenvalue weighted by molar-refractivity contribution is 0.0372. The standard InChI is InChI=1S/C11H13FO2S/c1-7(2)14-11(13)8-5-4-6-9(15-3)10(8)12/h4-7H,1-3H3. The first kappa shape index (κ1) is 12.0. The van der Waals surface area contributed by atoms with E-state index in [2.05, 4.69) is 0 Å². The van der Waals surface area contributed by atoms with Crippen LogP contribution in [0.15, 0.2) is 23.1 Å². The molecular weight excluding hydrogens is 215 g/mol. The SMILES string of the molecule is CSc1cccc(C(=O)OC(C)C)c1F. The third-order valence-corrected chi connectivity index (χ3v) is 2.50. The zero-order valence-corrected chi connectivity index (χ0v) is 9.73. The first-order valence-electron chi connectivity index (χ1n) is 4.59. The van der Waals surface area contributed by atoms with Gasteiger partial charge in [0.1, 0.15) is 0 Å². The van der Waals surface area contributed by atoms with Crippen molar-refractivity contribution in [3.8, 4) is 0 Å². The number of ether oxygens (including phenoxy) is 1. The highest BCUT2D eigenvalue weighted by Crippen LogP contribution is 2.22. The van der Waals surface area contributed by atoms with Crippen molar-refractivity contribution in [3.05, 3.63) is 29.6 Å². The third-order valence-electron chi connectivity index (χ3n) is 1.75. The van der Waals surface area contributed by atoms with Crippen molar-refractivity contribution < 1.29 is 13.9 Å². The Balaban J connectivity index is 2.99. The Labute approximate surface area is 92.8 Å². The van der Waals surface area contributed by atoms with E-state index in [-0.39, 0.29) is 11.7 Å². The Bertz CT molecular complexity index is 364. The highest BCUT2D eigenvalue weighted by atomic mass is 32.2. The van der Waals surface area contributed by atoms with E-state index in [9.17, 15) is 9.18 Å².